The lowest BCUT2D eigenvalue weighted by Gasteiger charge is -2.37. The molecule has 0 atom stereocenters. The van der Waals surface area contributed by atoms with Crippen LogP contribution in [0.4, 0.5) is 5.69 Å². The van der Waals surface area contributed by atoms with E-state index in [1.165, 1.54) is 22.3 Å². The fourth-order valence-corrected chi connectivity index (χ4v) is 4.13. The van der Waals surface area contributed by atoms with Crippen LogP contribution in [-0.2, 0) is 5.41 Å². The summed E-state index contributed by atoms with van der Waals surface area (Å²) in [5.74, 6) is 0. The number of benzene rings is 4. The topological polar surface area (TPSA) is 38.0 Å². The maximum Gasteiger partial charge on any atom is 0.168 e. The van der Waals surface area contributed by atoms with Crippen LogP contribution in [0.5, 0.6) is 0 Å². The number of thiocarbonyl (C=S) groups is 1. The van der Waals surface area contributed by atoms with Crippen molar-refractivity contribution in [3.8, 4) is 0 Å². The Kier molecular flexibility index (Phi) is 5.41. The monoisotopic (exact) mass is 394 g/mol. The minimum Gasteiger partial charge on any atom is -0.376 e. The summed E-state index contributed by atoms with van der Waals surface area (Å²) in [5, 5.41) is 3.27. The molecule has 29 heavy (non-hydrogen) atoms. The SMILES string of the molecule is NC(=S)Nc1ccc(C(c2ccccc2)(c2ccccc2)c2ccccc2)cc1. The van der Waals surface area contributed by atoms with Gasteiger partial charge in [0, 0.05) is 5.69 Å². The molecule has 0 amide bonds. The maximum absolute atomic E-state index is 5.64. The Morgan fingerprint density at radius 3 is 1.24 bits per heavy atom. The third-order valence-electron chi connectivity index (χ3n) is 5.21. The molecule has 2 nitrogen and oxygen atoms in total. The van der Waals surface area contributed by atoms with Gasteiger partial charge in [0.2, 0.25) is 0 Å². The summed E-state index contributed by atoms with van der Waals surface area (Å²) in [6, 6.07) is 40.3. The minimum atomic E-state index is -0.439. The second kappa shape index (κ2) is 8.29. The van der Waals surface area contributed by atoms with Crippen molar-refractivity contribution in [2.75, 3.05) is 5.32 Å². The van der Waals surface area contributed by atoms with Crippen molar-refractivity contribution < 1.29 is 0 Å². The van der Waals surface area contributed by atoms with E-state index < -0.39 is 5.41 Å². The molecule has 4 aromatic rings. The molecule has 4 rings (SSSR count). The summed E-state index contributed by atoms with van der Waals surface area (Å²) >= 11 is 4.98. The van der Waals surface area contributed by atoms with E-state index in [0.717, 1.165) is 5.69 Å². The fourth-order valence-electron chi connectivity index (χ4n) is 4.01. The molecule has 0 fully saturated rings. The van der Waals surface area contributed by atoms with Gasteiger partial charge < -0.3 is 11.1 Å². The van der Waals surface area contributed by atoms with Crippen LogP contribution in [-0.4, -0.2) is 5.11 Å². The van der Waals surface area contributed by atoms with Gasteiger partial charge in [-0.05, 0) is 46.6 Å². The molecule has 0 aliphatic carbocycles. The van der Waals surface area contributed by atoms with E-state index >= 15 is 0 Å². The highest BCUT2D eigenvalue weighted by Crippen LogP contribution is 2.45. The molecule has 0 aliphatic heterocycles. The standard InChI is InChI=1S/C26H22N2S/c27-25(29)28-24-18-16-23(17-19-24)26(20-10-4-1-5-11-20,21-12-6-2-7-13-21)22-14-8-3-9-15-22/h1-19H,(H3,27,28,29). The summed E-state index contributed by atoms with van der Waals surface area (Å²) in [7, 11) is 0. The van der Waals surface area contributed by atoms with E-state index in [9.17, 15) is 0 Å². The van der Waals surface area contributed by atoms with Crippen LogP contribution in [0.25, 0.3) is 0 Å². The van der Waals surface area contributed by atoms with Crippen molar-refractivity contribution in [1.82, 2.24) is 0 Å². The quantitative estimate of drug-likeness (QED) is 0.336. The molecule has 0 saturated heterocycles. The Labute approximate surface area is 177 Å². The van der Waals surface area contributed by atoms with Gasteiger partial charge in [-0.25, -0.2) is 0 Å². The number of anilines is 1. The zero-order chi connectivity index (χ0) is 20.1. The molecule has 0 bridgehead atoms. The van der Waals surface area contributed by atoms with Gasteiger partial charge in [0.05, 0.1) is 5.41 Å². The van der Waals surface area contributed by atoms with Crippen molar-refractivity contribution in [2.45, 2.75) is 5.41 Å². The van der Waals surface area contributed by atoms with Crippen LogP contribution in [0.3, 0.4) is 0 Å². The lowest BCUT2D eigenvalue weighted by atomic mass is 9.65. The first kappa shape index (κ1) is 18.9. The molecular formula is C26H22N2S. The lowest BCUT2D eigenvalue weighted by molar-refractivity contribution is 0.745. The van der Waals surface area contributed by atoms with Gasteiger partial charge in [0.1, 0.15) is 0 Å². The lowest BCUT2D eigenvalue weighted by Crippen LogP contribution is -2.31. The molecule has 0 unspecified atom stereocenters. The summed E-state index contributed by atoms with van der Waals surface area (Å²) in [6.07, 6.45) is 0. The van der Waals surface area contributed by atoms with Gasteiger partial charge in [0.15, 0.2) is 5.11 Å². The zero-order valence-corrected chi connectivity index (χ0v) is 16.8. The van der Waals surface area contributed by atoms with E-state index in [1.54, 1.807) is 0 Å². The summed E-state index contributed by atoms with van der Waals surface area (Å²) < 4.78 is 0. The predicted octanol–water partition coefficient (Wildman–Crippen LogP) is 5.72. The number of hydrogen-bond donors (Lipinski definition) is 2. The third-order valence-corrected chi connectivity index (χ3v) is 5.31. The van der Waals surface area contributed by atoms with Crippen molar-refractivity contribution in [1.29, 1.82) is 0 Å². The van der Waals surface area contributed by atoms with Crippen LogP contribution < -0.4 is 11.1 Å². The van der Waals surface area contributed by atoms with Gasteiger partial charge in [-0.1, -0.05) is 103 Å². The Hall–Kier alpha value is -3.43. The largest absolute Gasteiger partial charge is 0.376 e. The molecule has 0 radical (unpaired) electrons. The maximum atomic E-state index is 5.64. The predicted molar refractivity (Wildman–Crippen MR) is 125 cm³/mol. The Bertz CT molecular complexity index is 979. The molecule has 0 saturated carbocycles. The smallest absolute Gasteiger partial charge is 0.168 e. The molecule has 142 valence electrons. The first-order valence-electron chi connectivity index (χ1n) is 9.55. The van der Waals surface area contributed by atoms with E-state index in [0.29, 0.717) is 0 Å². The van der Waals surface area contributed by atoms with Gasteiger partial charge in [-0.3, -0.25) is 0 Å². The number of hydrogen-bond acceptors (Lipinski definition) is 1. The van der Waals surface area contributed by atoms with Crippen LogP contribution in [0.1, 0.15) is 22.3 Å². The second-order valence-electron chi connectivity index (χ2n) is 6.91. The average molecular weight is 395 g/mol. The fraction of sp³-hybridized carbons (Fsp3) is 0.0385. The van der Waals surface area contributed by atoms with E-state index in [2.05, 4.69) is 108 Å². The van der Waals surface area contributed by atoms with Crippen molar-refractivity contribution in [2.24, 2.45) is 5.73 Å². The Morgan fingerprint density at radius 2 is 0.897 bits per heavy atom. The first-order chi connectivity index (χ1) is 14.2. The zero-order valence-electron chi connectivity index (χ0n) is 16.0. The average Bonchev–Trinajstić information content (AvgIpc) is 2.77. The molecule has 3 N–H and O–H groups in total. The molecule has 3 heteroatoms. The molecule has 0 aromatic heterocycles. The highest BCUT2D eigenvalue weighted by molar-refractivity contribution is 7.80. The minimum absolute atomic E-state index is 0.262. The van der Waals surface area contributed by atoms with Crippen LogP contribution in [0, 0.1) is 0 Å². The first-order valence-corrected chi connectivity index (χ1v) is 9.95. The third kappa shape index (κ3) is 3.65. The van der Waals surface area contributed by atoms with Crippen LogP contribution in [0.2, 0.25) is 0 Å². The van der Waals surface area contributed by atoms with Crippen LogP contribution >= 0.6 is 12.2 Å². The van der Waals surface area contributed by atoms with E-state index in [-0.39, 0.29) is 5.11 Å². The van der Waals surface area contributed by atoms with Gasteiger partial charge in [-0.15, -0.1) is 0 Å². The molecule has 0 aliphatic rings. The number of nitrogens with one attached hydrogen (secondary N) is 1. The van der Waals surface area contributed by atoms with Crippen molar-refractivity contribution in [3.63, 3.8) is 0 Å². The summed E-state index contributed by atoms with van der Waals surface area (Å²) in [4.78, 5) is 0. The number of rotatable bonds is 5. The Balaban J connectivity index is 2.02. The molecule has 0 spiro atoms. The highest BCUT2D eigenvalue weighted by atomic mass is 32.1. The molecular weight excluding hydrogens is 372 g/mol. The van der Waals surface area contributed by atoms with Crippen molar-refractivity contribution in [3.05, 3.63) is 138 Å². The normalized spacial score (nSPS) is 11.0. The summed E-state index contributed by atoms with van der Waals surface area (Å²) in [6.45, 7) is 0. The van der Waals surface area contributed by atoms with E-state index in [1.807, 2.05) is 12.1 Å². The Morgan fingerprint density at radius 1 is 0.552 bits per heavy atom. The molecule has 4 aromatic carbocycles. The van der Waals surface area contributed by atoms with E-state index in [4.69, 9.17) is 18.0 Å². The van der Waals surface area contributed by atoms with Gasteiger partial charge in [0.25, 0.3) is 0 Å². The molecule has 0 heterocycles. The van der Waals surface area contributed by atoms with Crippen LogP contribution in [0.15, 0.2) is 115 Å². The highest BCUT2D eigenvalue weighted by Gasteiger charge is 2.37. The number of nitrogens with two attached hydrogens (primary N) is 1. The second-order valence-corrected chi connectivity index (χ2v) is 7.35. The van der Waals surface area contributed by atoms with Crippen molar-refractivity contribution >= 4 is 23.0 Å². The van der Waals surface area contributed by atoms with Gasteiger partial charge >= 0.3 is 0 Å². The van der Waals surface area contributed by atoms with Gasteiger partial charge in [-0.2, -0.15) is 0 Å². The summed E-state index contributed by atoms with van der Waals surface area (Å²) in [5.41, 5.74) is 10.9.